The summed E-state index contributed by atoms with van der Waals surface area (Å²) in [5.74, 6) is 1.88. The van der Waals surface area contributed by atoms with Crippen LogP contribution in [0.4, 0.5) is 0 Å². The third-order valence-corrected chi connectivity index (χ3v) is 13.3. The molecule has 0 amide bonds. The van der Waals surface area contributed by atoms with Gasteiger partial charge in [-0.05, 0) is 92.2 Å². The molecule has 4 aliphatic carbocycles. The third-order valence-electron chi connectivity index (χ3n) is 10.2. The van der Waals surface area contributed by atoms with Gasteiger partial charge in [-0.15, -0.1) is 0 Å². The van der Waals surface area contributed by atoms with Crippen molar-refractivity contribution in [3.8, 4) is 0 Å². The molecule has 2 nitrogen and oxygen atoms in total. The fraction of sp³-hybridized carbons (Fsp3) is 0.838. The number of nitrogens with zero attached hydrogens (tertiary/aromatic N) is 2. The van der Waals surface area contributed by atoms with Crippen LogP contribution in [0.25, 0.3) is 0 Å². The molecule has 4 aliphatic rings. The van der Waals surface area contributed by atoms with E-state index in [1.807, 2.05) is 0 Å². The minimum absolute atomic E-state index is 0. The molecule has 0 spiro atoms. The molecule has 4 saturated carbocycles. The molecular weight excluding hydrogens is 852 g/mol. The van der Waals surface area contributed by atoms with E-state index < -0.39 is 7.92 Å². The third kappa shape index (κ3) is 20.6. The molecule has 0 heterocycles. The van der Waals surface area contributed by atoms with Crippen molar-refractivity contribution in [2.24, 2.45) is 11.8 Å². The van der Waals surface area contributed by atoms with E-state index in [9.17, 15) is 0 Å². The Morgan fingerprint density at radius 2 is 0.977 bits per heavy atom. The second-order valence-electron chi connectivity index (χ2n) is 13.2. The van der Waals surface area contributed by atoms with Crippen LogP contribution in [0.3, 0.4) is 0 Å². The first-order valence-corrected chi connectivity index (χ1v) is 18.6. The first kappa shape index (κ1) is 51.5. The van der Waals surface area contributed by atoms with Crippen LogP contribution in [-0.4, -0.2) is 62.4 Å². The Hall–Kier alpha value is 1.62. The molecule has 3 unspecified atom stereocenters. The predicted molar refractivity (Wildman–Crippen MR) is 189 cm³/mol. The molecule has 257 valence electrons. The molecule has 0 N–H and O–H groups in total. The summed E-state index contributed by atoms with van der Waals surface area (Å²) in [6.07, 6.45) is 25.1. The quantitative estimate of drug-likeness (QED) is 0.207. The summed E-state index contributed by atoms with van der Waals surface area (Å²) in [5, 5.41) is 1.62. The van der Waals surface area contributed by atoms with Crippen molar-refractivity contribution in [2.75, 3.05) is 34.9 Å². The maximum atomic E-state index is 2.52. The Kier molecular flexibility index (Phi) is 37.0. The Bertz CT molecular complexity index is 670. The van der Waals surface area contributed by atoms with Crippen molar-refractivity contribution >= 4 is 13.2 Å². The molecule has 1 aromatic rings. The molecule has 4 fully saturated rings. The average Bonchev–Trinajstić information content (AvgIpc) is 3.77. The van der Waals surface area contributed by atoms with Crippen LogP contribution in [-0.2, 0) is 34.1 Å². The van der Waals surface area contributed by atoms with E-state index >= 15 is 0 Å². The Balaban J connectivity index is -0.000000259. The van der Waals surface area contributed by atoms with Gasteiger partial charge in [-0.3, -0.25) is 0 Å². The first-order chi connectivity index (χ1) is 18.3. The van der Waals surface area contributed by atoms with Gasteiger partial charge < -0.3 is 9.80 Å². The van der Waals surface area contributed by atoms with Gasteiger partial charge in [0.25, 0.3) is 0 Å². The van der Waals surface area contributed by atoms with E-state index in [1.165, 1.54) is 109 Å². The van der Waals surface area contributed by atoms with Gasteiger partial charge >= 0.3 is 0 Å². The van der Waals surface area contributed by atoms with Crippen molar-refractivity contribution < 1.29 is 64.1 Å². The molecular formula is C37H74Fe2N2NpP+. The molecule has 1 radical (unpaired) electrons. The average molecular weight is 927 g/mol. The van der Waals surface area contributed by atoms with E-state index in [0.717, 1.165) is 29.6 Å². The zero-order chi connectivity index (χ0) is 27.8. The van der Waals surface area contributed by atoms with Gasteiger partial charge in [-0.2, -0.15) is 0 Å². The number of rotatable bonds is 6. The summed E-state index contributed by atoms with van der Waals surface area (Å²) in [6.45, 7) is 7.27. The van der Waals surface area contributed by atoms with E-state index in [0.29, 0.717) is 0 Å². The van der Waals surface area contributed by atoms with Crippen LogP contribution >= 0.6 is 7.92 Å². The largest absolute Gasteiger partial charge is 0.306 e. The van der Waals surface area contributed by atoms with Crippen LogP contribution in [0, 0.1) is 41.8 Å². The fourth-order valence-corrected chi connectivity index (χ4v) is 9.90. The van der Waals surface area contributed by atoms with Crippen LogP contribution in [0.2, 0.25) is 0 Å². The summed E-state index contributed by atoms with van der Waals surface area (Å²) < 4.78 is 0. The number of benzene rings is 1. The topological polar surface area (TPSA) is 6.48 Å². The van der Waals surface area contributed by atoms with E-state index in [-0.39, 0.29) is 78.9 Å². The van der Waals surface area contributed by atoms with Crippen molar-refractivity contribution in [3.63, 3.8) is 0 Å². The Labute approximate surface area is 317 Å². The zero-order valence-electron chi connectivity index (χ0n) is 27.8. The Morgan fingerprint density at radius 3 is 1.35 bits per heavy atom. The van der Waals surface area contributed by atoms with Crippen LogP contribution < -0.4 is 5.30 Å². The number of hydrogen-bond acceptors (Lipinski definition) is 2. The van der Waals surface area contributed by atoms with Crippen molar-refractivity contribution in [3.05, 3.63) is 30.3 Å². The summed E-state index contributed by atoms with van der Waals surface area (Å²) in [7, 11) is 8.42. The monoisotopic (exact) mass is 925 g/mol. The van der Waals surface area contributed by atoms with Gasteiger partial charge in [0.1, 0.15) is 0 Å². The van der Waals surface area contributed by atoms with E-state index in [4.69, 9.17) is 0 Å². The molecule has 5 atom stereocenters. The maximum Gasteiger partial charge on any atom is 0.0914 e. The van der Waals surface area contributed by atoms with Gasteiger partial charge in [0.15, 0.2) is 0 Å². The van der Waals surface area contributed by atoms with E-state index in [1.54, 1.807) is 5.30 Å². The van der Waals surface area contributed by atoms with Crippen LogP contribution in [0.15, 0.2) is 30.3 Å². The molecule has 1 aromatic carbocycles. The zero-order valence-corrected chi connectivity index (χ0v) is 34.8. The molecule has 0 saturated heterocycles. The minimum Gasteiger partial charge on any atom is -0.306 e. The van der Waals surface area contributed by atoms with Gasteiger partial charge in [0.2, 0.25) is 0 Å². The Morgan fingerprint density at radius 1 is 0.581 bits per heavy atom. The molecule has 6 heteroatoms. The van der Waals surface area contributed by atoms with Crippen molar-refractivity contribution in [2.45, 2.75) is 156 Å². The van der Waals surface area contributed by atoms with Gasteiger partial charge in [0, 0.05) is 90.0 Å². The summed E-state index contributed by atoms with van der Waals surface area (Å²) >= 11 is 0. The molecule has 0 aliphatic heterocycles. The second-order valence-corrected chi connectivity index (χ2v) is 15.9. The summed E-state index contributed by atoms with van der Waals surface area (Å²) in [5.41, 5.74) is 0.954. The molecule has 0 bridgehead atoms. The van der Waals surface area contributed by atoms with Gasteiger partial charge in [-0.25, -0.2) is 0 Å². The predicted octanol–water partition coefficient (Wildman–Crippen LogP) is 10.6. The van der Waals surface area contributed by atoms with Crippen molar-refractivity contribution in [1.29, 1.82) is 0 Å². The standard InChI is InChI=1S/C16H26NP.C9H19N.2C5H10.2CH4.2Fe.Np/c1-13(17(2)3)15-11-8-12-16(15)18(4)14-9-6-5-7-10-14;1-8(10(2)3)9-6-4-5-7-9;2*1-2-4-5-3-1;;;;;/h5-7,9-10,13,15-16H,8,11-12H2,1-4H3;8-9H,4-7H2,1-3H3;2*1-5H2;2*1H4;;;/p+1/t13-,15?,16?,18?;8-;;;;;;;/m11......./s1. The summed E-state index contributed by atoms with van der Waals surface area (Å²) in [4.78, 5) is 4.75. The van der Waals surface area contributed by atoms with Crippen molar-refractivity contribution in [1.82, 2.24) is 9.80 Å². The molecule has 43 heavy (non-hydrogen) atoms. The maximum absolute atomic E-state index is 2.52. The second kappa shape index (κ2) is 30.9. The first-order valence-electron chi connectivity index (χ1n) is 16.5. The minimum atomic E-state index is -0.397. The molecule has 0 aromatic heterocycles. The van der Waals surface area contributed by atoms with Crippen LogP contribution in [0.5, 0.6) is 0 Å². The van der Waals surface area contributed by atoms with Crippen LogP contribution in [0.1, 0.15) is 138 Å². The van der Waals surface area contributed by atoms with Gasteiger partial charge in [0.05, 0.1) is 17.6 Å². The smallest absolute Gasteiger partial charge is 0.0914 e. The van der Waals surface area contributed by atoms with E-state index in [2.05, 4.69) is 88.8 Å². The fourth-order valence-electron chi connectivity index (χ4n) is 7.03. The molecule has 5 rings (SSSR count). The normalized spacial score (nSPS) is 22.6. The SMILES string of the molecule is C.C.C1CCCC1.C1CCCC1.C[C@H](C1CCCC1)N(C)C.C[C@H](C1CCCC1[PH+](C)c1ccccc1)N(C)C.[Fe].[Fe].[Np]. The number of hydrogen-bond donors (Lipinski definition) is 0. The summed E-state index contributed by atoms with van der Waals surface area (Å²) in [6, 6.07) is 12.7. The van der Waals surface area contributed by atoms with Gasteiger partial charge in [-0.1, -0.05) is 110 Å².